The number of hydrogen-bond acceptors (Lipinski definition) is 5. The van der Waals surface area contributed by atoms with E-state index in [1.54, 1.807) is 0 Å². The van der Waals surface area contributed by atoms with Gasteiger partial charge in [0.05, 0.1) is 12.2 Å². The van der Waals surface area contributed by atoms with Crippen molar-refractivity contribution in [1.29, 1.82) is 0 Å². The number of carbonyl (C=O) groups is 1. The number of phosphoric ester groups is 1. The molecule has 0 rings (SSSR count). The Balaban J connectivity index is 4.56. The van der Waals surface area contributed by atoms with Gasteiger partial charge in [0.1, 0.15) is 6.11 Å². The van der Waals surface area contributed by atoms with Crippen LogP contribution in [0.25, 0.3) is 0 Å². The fourth-order valence-electron chi connectivity index (χ4n) is 2.15. The second kappa shape index (κ2) is 28.2. The number of carbonyl (C=O) groups excluding carboxylic acids is 1. The molecule has 0 aliphatic carbocycles. The van der Waals surface area contributed by atoms with Crippen LogP contribution in [-0.2, 0) is 18.4 Å². The van der Waals surface area contributed by atoms with Gasteiger partial charge >= 0.3 is 7.82 Å². The molecule has 1 N–H and O–H groups in total. The smallest absolute Gasteiger partial charge is 0.328 e. The Hall–Kier alpha value is -6.34. The van der Waals surface area contributed by atoms with E-state index in [0.29, 0.717) is 25.0 Å². The van der Waals surface area contributed by atoms with Gasteiger partial charge in [-0.1, -0.05) is 25.5 Å². The van der Waals surface area contributed by atoms with Gasteiger partial charge in [0.15, 0.2) is 0 Å². The van der Waals surface area contributed by atoms with Gasteiger partial charge in [-0.3, -0.25) is 9.36 Å². The van der Waals surface area contributed by atoms with Crippen LogP contribution in [0.2, 0.25) is 0 Å². The van der Waals surface area contributed by atoms with Crippen molar-refractivity contribution in [2.24, 2.45) is 0 Å². The Labute approximate surface area is 260 Å². The van der Waals surface area contributed by atoms with Crippen LogP contribution in [0.1, 0.15) is 46.0 Å². The minimum absolute atomic E-state index is 0.0218. The monoisotopic (exact) mass is 592 g/mol. The first-order valence-corrected chi connectivity index (χ1v) is 14.2. The fraction of sp³-hybridized carbons (Fsp3) is 0.243. The van der Waals surface area contributed by atoms with E-state index in [4.69, 9.17) is 4.52 Å². The number of amides is 1. The van der Waals surface area contributed by atoms with E-state index in [2.05, 4.69) is 157 Å². The van der Waals surface area contributed by atoms with Crippen LogP contribution < -0.4 is 10.2 Å². The zero-order chi connectivity index (χ0) is 32.4. The van der Waals surface area contributed by atoms with E-state index < -0.39 is 7.82 Å². The summed E-state index contributed by atoms with van der Waals surface area (Å²) in [5.74, 6) is 42.1. The summed E-state index contributed by atoms with van der Waals surface area (Å²) in [6.07, 6.45) is 5.49. The molecule has 44 heavy (non-hydrogen) atoms. The number of allylic oxidation sites excluding steroid dienone is 1. The van der Waals surface area contributed by atoms with E-state index in [0.717, 1.165) is 19.3 Å². The molecule has 0 bridgehead atoms. The molecule has 0 saturated heterocycles. The van der Waals surface area contributed by atoms with Gasteiger partial charge in [-0.05, 0) is 114 Å². The van der Waals surface area contributed by atoms with E-state index in [9.17, 15) is 14.3 Å². The van der Waals surface area contributed by atoms with Gasteiger partial charge in [0, 0.05) is 60.8 Å². The minimum atomic E-state index is -4.54. The maximum absolute atomic E-state index is 11.6. The molecule has 0 fully saturated rings. The first-order valence-electron chi connectivity index (χ1n) is 12.7. The van der Waals surface area contributed by atoms with Gasteiger partial charge < -0.3 is 19.3 Å². The largest absolute Gasteiger partial charge is 0.746 e. The molecule has 212 valence electrons. The molecule has 6 nitrogen and oxygen atoms in total. The predicted molar refractivity (Wildman–Crippen MR) is 166 cm³/mol. The highest BCUT2D eigenvalue weighted by Crippen LogP contribution is 2.37. The molecule has 1 atom stereocenters. The van der Waals surface area contributed by atoms with Gasteiger partial charge in [0.25, 0.3) is 0 Å². The standard InChI is InChI=1S/C37H24NO5P/c1-4-6-7-8-21-26-31-37(5-2)32-27-22-19-17-15-13-11-9-10-12-14-16-18-20-24-29-34-42-44(40,41)43-35-30-25-23-28-33-38-36(3)39/h1,5,23,25,28,30,33,35H2,2-3H3,(H,38,39)(H,40,41)/p-1. The Morgan fingerprint density at radius 1 is 0.727 bits per heavy atom. The molecule has 0 aromatic heterocycles. The van der Waals surface area contributed by atoms with Crippen molar-refractivity contribution in [1.82, 2.24) is 5.32 Å². The van der Waals surface area contributed by atoms with E-state index in [-0.39, 0.29) is 12.5 Å². The van der Waals surface area contributed by atoms with Crippen LogP contribution in [0.3, 0.4) is 0 Å². The lowest BCUT2D eigenvalue weighted by molar-refractivity contribution is -0.219. The molecule has 0 saturated carbocycles. The van der Waals surface area contributed by atoms with Gasteiger partial charge in [-0.25, -0.2) is 0 Å². The zero-order valence-corrected chi connectivity index (χ0v) is 25.0. The molecule has 0 aromatic carbocycles. The van der Waals surface area contributed by atoms with Gasteiger partial charge in [-0.15, -0.1) is 0 Å². The molecular formula is C37H23NO5P-. The molecule has 0 aromatic rings. The number of phosphoric acid groups is 1. The van der Waals surface area contributed by atoms with Crippen LogP contribution in [0.15, 0.2) is 52.3 Å². The van der Waals surface area contributed by atoms with Crippen molar-refractivity contribution in [3.63, 3.8) is 0 Å². The maximum Gasteiger partial charge on any atom is 0.328 e. The fourth-order valence-corrected chi connectivity index (χ4v) is 2.71. The lowest BCUT2D eigenvalue weighted by Gasteiger charge is -2.18. The summed E-state index contributed by atoms with van der Waals surface area (Å²) in [4.78, 5) is 22.3. The lowest BCUT2D eigenvalue weighted by atomic mass is 10.2. The quantitative estimate of drug-likeness (QED) is 0.182. The first kappa shape index (κ1) is 37.7. The van der Waals surface area contributed by atoms with Crippen LogP contribution in [0.5, 0.6) is 0 Å². The third-order valence-corrected chi connectivity index (χ3v) is 4.77. The van der Waals surface area contributed by atoms with Crippen molar-refractivity contribution < 1.29 is 23.3 Å². The molecule has 0 aliphatic heterocycles. The summed E-state index contributed by atoms with van der Waals surface area (Å²) < 4.78 is 20.7. The number of unbranched alkanes of at least 4 members (excludes halogenated alkanes) is 3. The molecule has 7 heteroatoms. The summed E-state index contributed by atoms with van der Waals surface area (Å²) in [5.41, 5.74) is 18.7. The van der Waals surface area contributed by atoms with Crippen molar-refractivity contribution in [3.05, 3.63) is 52.3 Å². The van der Waals surface area contributed by atoms with Gasteiger partial charge in [-0.2, -0.15) is 0 Å². The second-order valence-electron chi connectivity index (χ2n) is 7.25. The average molecular weight is 593 g/mol. The Morgan fingerprint density at radius 2 is 1.23 bits per heavy atom. The summed E-state index contributed by atoms with van der Waals surface area (Å²) in [7, 11) is -4.54. The Bertz CT molecular complexity index is 1970. The third kappa shape index (κ3) is 28.7. The molecule has 0 aliphatic rings. The molecule has 0 heterocycles. The maximum atomic E-state index is 11.6. The average Bonchev–Trinajstić information content (AvgIpc) is 3.00. The number of rotatable bonds is 10. The second-order valence-corrected chi connectivity index (χ2v) is 8.59. The molecule has 0 radical (unpaired) electrons. The summed E-state index contributed by atoms with van der Waals surface area (Å²) in [6, 6.07) is 0. The Morgan fingerprint density at radius 3 is 1.77 bits per heavy atom. The Kier molecular flexibility index (Phi) is 24.1. The normalized spacial score (nSPS) is 8.16. The highest BCUT2D eigenvalue weighted by molar-refractivity contribution is 7.46. The van der Waals surface area contributed by atoms with Gasteiger partial charge in [0.2, 0.25) is 5.91 Å². The van der Waals surface area contributed by atoms with Crippen molar-refractivity contribution >= 4 is 13.7 Å². The molecular weight excluding hydrogens is 569 g/mol. The number of hydrogen-bond donors (Lipinski definition) is 1. The minimum Gasteiger partial charge on any atom is -0.746 e. The molecule has 0 spiro atoms. The van der Waals surface area contributed by atoms with Crippen LogP contribution >= 0.6 is 7.82 Å². The van der Waals surface area contributed by atoms with Crippen molar-refractivity contribution in [3.8, 4) is 107 Å². The molecule has 1 unspecified atom stereocenters. The lowest BCUT2D eigenvalue weighted by Crippen LogP contribution is -2.20. The van der Waals surface area contributed by atoms with Crippen molar-refractivity contribution in [2.75, 3.05) is 13.2 Å². The summed E-state index contributed by atoms with van der Waals surface area (Å²) in [6.45, 7) is 7.27. The zero-order valence-electron chi connectivity index (χ0n) is 24.1. The topological polar surface area (TPSA) is 87.7 Å². The van der Waals surface area contributed by atoms with Crippen molar-refractivity contribution in [2.45, 2.75) is 46.0 Å². The van der Waals surface area contributed by atoms with Crippen LogP contribution in [0.4, 0.5) is 0 Å². The van der Waals surface area contributed by atoms with Crippen LogP contribution in [-0.4, -0.2) is 19.1 Å². The summed E-state index contributed by atoms with van der Waals surface area (Å²) in [5, 5.41) is 2.68. The highest BCUT2D eigenvalue weighted by atomic mass is 31.2. The van der Waals surface area contributed by atoms with E-state index in [1.165, 1.54) is 6.92 Å². The number of nitrogens with one attached hydrogen (secondary N) is 1. The van der Waals surface area contributed by atoms with E-state index >= 15 is 0 Å². The SMILES string of the molecule is C=C=C=C=C=C=C=C=C(C#CC#CC#CC#CC#CC#CC#CC#CC#COP(=O)([O-])OCCCCCCNC(C)=O)CC. The summed E-state index contributed by atoms with van der Waals surface area (Å²) >= 11 is 0. The molecule has 1 amide bonds. The highest BCUT2D eigenvalue weighted by Gasteiger charge is 2.07. The first-order chi connectivity index (χ1) is 21.4. The predicted octanol–water partition coefficient (Wildman–Crippen LogP) is 3.22. The van der Waals surface area contributed by atoms with Crippen LogP contribution in [0, 0.1) is 107 Å². The van der Waals surface area contributed by atoms with E-state index in [1.807, 2.05) is 13.0 Å². The third-order valence-electron chi connectivity index (χ3n) is 3.96.